The third kappa shape index (κ3) is 3.59. The van der Waals surface area contributed by atoms with Crippen molar-refractivity contribution in [2.24, 2.45) is 0 Å². The van der Waals surface area contributed by atoms with E-state index in [1.165, 1.54) is 11.3 Å². The number of aromatic amines is 1. The van der Waals surface area contributed by atoms with E-state index < -0.39 is 0 Å². The molecule has 5 heterocycles. The highest BCUT2D eigenvalue weighted by molar-refractivity contribution is 7.19. The summed E-state index contributed by atoms with van der Waals surface area (Å²) in [5.41, 5.74) is 4.44. The quantitative estimate of drug-likeness (QED) is 0.422. The molecule has 1 saturated heterocycles. The number of rotatable bonds is 4. The average molecular weight is 459 g/mol. The lowest BCUT2D eigenvalue weighted by Crippen LogP contribution is -2.18. The molecular weight excluding hydrogens is 436 g/mol. The Hall–Kier alpha value is -3.56. The molecule has 166 valence electrons. The van der Waals surface area contributed by atoms with Gasteiger partial charge in [0.2, 0.25) is 0 Å². The Bertz CT molecular complexity index is 1490. The van der Waals surface area contributed by atoms with Gasteiger partial charge in [0.1, 0.15) is 16.2 Å². The van der Waals surface area contributed by atoms with Crippen molar-refractivity contribution in [1.82, 2.24) is 29.4 Å². The number of aromatic nitrogens is 6. The topological polar surface area (TPSA) is 90.1 Å². The van der Waals surface area contributed by atoms with E-state index in [0.717, 1.165) is 63.8 Å². The van der Waals surface area contributed by atoms with Crippen LogP contribution in [0.5, 0.6) is 0 Å². The van der Waals surface area contributed by atoms with Gasteiger partial charge in [0.15, 0.2) is 17.5 Å². The minimum absolute atomic E-state index is 0.0387. The maximum Gasteiger partial charge on any atom is 0.193 e. The van der Waals surface area contributed by atoms with Gasteiger partial charge >= 0.3 is 0 Å². The van der Waals surface area contributed by atoms with Gasteiger partial charge in [-0.15, -0.1) is 16.4 Å². The Morgan fingerprint density at radius 1 is 1.18 bits per heavy atom. The van der Waals surface area contributed by atoms with Crippen LogP contribution in [0.3, 0.4) is 0 Å². The normalized spacial score (nSPS) is 16.5. The van der Waals surface area contributed by atoms with Crippen LogP contribution in [0.25, 0.3) is 38.0 Å². The lowest BCUT2D eigenvalue weighted by molar-refractivity contribution is -0.0395. The zero-order chi connectivity index (χ0) is 22.4. The van der Waals surface area contributed by atoms with Crippen LogP contribution in [0.4, 0.5) is 0 Å². The first kappa shape index (κ1) is 20.1. The van der Waals surface area contributed by atoms with Crippen molar-refractivity contribution < 1.29 is 4.74 Å². The molecule has 0 amide bonds. The number of benzene rings is 1. The Morgan fingerprint density at radius 2 is 2.06 bits per heavy atom. The van der Waals surface area contributed by atoms with Gasteiger partial charge in [0, 0.05) is 36.2 Å². The van der Waals surface area contributed by atoms with E-state index in [0.29, 0.717) is 5.82 Å². The molecule has 4 aromatic heterocycles. The minimum atomic E-state index is -0.0738. The standard InChI is InChI=1S/C24H22N6O2S/c1-15-20(18-13-17(31)10-11-29(18)27-15)24-26-21(16-7-3-2-4-8-16)22(33-24)23-25-14-30(28-23)19-9-5-6-12-32-19/h2-4,7-8,10-11,13-14,19,27H,5-6,9,12H2,1H3. The van der Waals surface area contributed by atoms with E-state index in [1.807, 2.05) is 46.5 Å². The fourth-order valence-corrected chi connectivity index (χ4v) is 5.42. The summed E-state index contributed by atoms with van der Waals surface area (Å²) in [4.78, 5) is 22.6. The van der Waals surface area contributed by atoms with Crippen LogP contribution in [0.1, 0.15) is 31.2 Å². The summed E-state index contributed by atoms with van der Waals surface area (Å²) in [6, 6.07) is 13.2. The smallest absolute Gasteiger partial charge is 0.193 e. The van der Waals surface area contributed by atoms with E-state index in [2.05, 4.69) is 10.1 Å². The van der Waals surface area contributed by atoms with Crippen molar-refractivity contribution in [3.63, 3.8) is 0 Å². The predicted octanol–water partition coefficient (Wildman–Crippen LogP) is 4.68. The molecule has 1 aliphatic rings. The van der Waals surface area contributed by atoms with Crippen molar-refractivity contribution in [3.8, 4) is 32.5 Å². The molecule has 1 fully saturated rings. The molecule has 0 saturated carbocycles. The molecule has 0 bridgehead atoms. The average Bonchev–Trinajstić information content (AvgIpc) is 3.56. The van der Waals surface area contributed by atoms with Crippen LogP contribution in [0, 0.1) is 6.92 Å². The summed E-state index contributed by atoms with van der Waals surface area (Å²) in [5.74, 6) is 0.626. The fourth-order valence-electron chi connectivity index (χ4n) is 4.29. The molecule has 0 aliphatic carbocycles. The van der Waals surface area contributed by atoms with E-state index in [9.17, 15) is 4.79 Å². The SMILES string of the molecule is Cc1[nH]n2ccc(=O)cc2c1-c1nc(-c2ccccc2)c(-c2ncn(C3CCCCO3)n2)s1. The summed E-state index contributed by atoms with van der Waals surface area (Å²) in [6.07, 6.45) is 6.56. The first-order chi connectivity index (χ1) is 16.2. The molecule has 1 aliphatic heterocycles. The highest BCUT2D eigenvalue weighted by Crippen LogP contribution is 2.41. The Kier molecular flexibility index (Phi) is 4.92. The maximum atomic E-state index is 12.1. The van der Waals surface area contributed by atoms with Crippen LogP contribution in [-0.4, -0.2) is 36.0 Å². The molecule has 0 radical (unpaired) electrons. The van der Waals surface area contributed by atoms with Crippen LogP contribution in [0.15, 0.2) is 59.8 Å². The number of thiazole rings is 1. The van der Waals surface area contributed by atoms with Gasteiger partial charge < -0.3 is 4.74 Å². The molecule has 9 heteroatoms. The van der Waals surface area contributed by atoms with Gasteiger partial charge in [-0.3, -0.25) is 14.4 Å². The molecule has 1 aromatic carbocycles. The Morgan fingerprint density at radius 3 is 2.88 bits per heavy atom. The lowest BCUT2D eigenvalue weighted by Gasteiger charge is -2.21. The second kappa shape index (κ2) is 8.09. The maximum absolute atomic E-state index is 12.1. The van der Waals surface area contributed by atoms with E-state index in [-0.39, 0.29) is 11.7 Å². The number of H-pyrrole nitrogens is 1. The van der Waals surface area contributed by atoms with E-state index in [4.69, 9.17) is 14.8 Å². The van der Waals surface area contributed by atoms with Gasteiger partial charge in [-0.05, 0) is 26.2 Å². The second-order valence-electron chi connectivity index (χ2n) is 8.16. The number of fused-ring (bicyclic) bond motifs is 1. The molecule has 1 atom stereocenters. The van der Waals surface area contributed by atoms with Crippen LogP contribution < -0.4 is 5.43 Å². The first-order valence-electron chi connectivity index (χ1n) is 11.0. The lowest BCUT2D eigenvalue weighted by atomic mass is 10.1. The molecule has 8 nitrogen and oxygen atoms in total. The summed E-state index contributed by atoms with van der Waals surface area (Å²) in [7, 11) is 0. The second-order valence-corrected chi connectivity index (χ2v) is 9.16. The van der Waals surface area contributed by atoms with Crippen LogP contribution in [0.2, 0.25) is 0 Å². The molecule has 33 heavy (non-hydrogen) atoms. The van der Waals surface area contributed by atoms with Crippen molar-refractivity contribution in [2.75, 3.05) is 6.61 Å². The molecule has 5 aromatic rings. The predicted molar refractivity (Wildman–Crippen MR) is 127 cm³/mol. The van der Waals surface area contributed by atoms with Gasteiger partial charge in [-0.2, -0.15) is 0 Å². The van der Waals surface area contributed by atoms with Gasteiger partial charge in [0.25, 0.3) is 0 Å². The molecule has 1 N–H and O–H groups in total. The fraction of sp³-hybridized carbons (Fsp3) is 0.250. The largest absolute Gasteiger partial charge is 0.356 e. The summed E-state index contributed by atoms with van der Waals surface area (Å²) in [6.45, 7) is 2.74. The van der Waals surface area contributed by atoms with Gasteiger partial charge in [0.05, 0.1) is 16.8 Å². The third-order valence-electron chi connectivity index (χ3n) is 5.90. The Labute approximate surface area is 193 Å². The number of pyridine rings is 1. The van der Waals surface area contributed by atoms with Crippen LogP contribution in [-0.2, 0) is 4.74 Å². The Balaban J connectivity index is 1.51. The van der Waals surface area contributed by atoms with Crippen molar-refractivity contribution in [2.45, 2.75) is 32.4 Å². The highest BCUT2D eigenvalue weighted by atomic mass is 32.1. The summed E-state index contributed by atoms with van der Waals surface area (Å²) in [5, 5.41) is 8.89. The molecular formula is C24H22N6O2S. The summed E-state index contributed by atoms with van der Waals surface area (Å²) >= 11 is 1.53. The molecule has 6 rings (SSSR count). The minimum Gasteiger partial charge on any atom is -0.356 e. The first-order valence-corrected chi connectivity index (χ1v) is 11.8. The van der Waals surface area contributed by atoms with Gasteiger partial charge in [-0.1, -0.05) is 30.3 Å². The number of aryl methyl sites for hydroxylation is 1. The zero-order valence-electron chi connectivity index (χ0n) is 18.1. The monoisotopic (exact) mass is 458 g/mol. The van der Waals surface area contributed by atoms with Crippen molar-refractivity contribution in [3.05, 3.63) is 70.9 Å². The third-order valence-corrected chi connectivity index (χ3v) is 6.97. The number of nitrogens with one attached hydrogen (secondary N) is 1. The number of nitrogens with zero attached hydrogens (tertiary/aromatic N) is 5. The highest BCUT2D eigenvalue weighted by Gasteiger charge is 2.24. The van der Waals surface area contributed by atoms with Gasteiger partial charge in [-0.25, -0.2) is 14.6 Å². The van der Waals surface area contributed by atoms with Crippen molar-refractivity contribution in [1.29, 1.82) is 0 Å². The van der Waals surface area contributed by atoms with E-state index in [1.54, 1.807) is 24.7 Å². The number of hydrogen-bond acceptors (Lipinski definition) is 6. The van der Waals surface area contributed by atoms with Crippen LogP contribution >= 0.6 is 11.3 Å². The van der Waals surface area contributed by atoms with E-state index >= 15 is 0 Å². The number of hydrogen-bond donors (Lipinski definition) is 1. The zero-order valence-corrected chi connectivity index (χ0v) is 18.9. The number of ether oxygens (including phenoxy) is 1. The van der Waals surface area contributed by atoms with Crippen molar-refractivity contribution >= 4 is 16.9 Å². The summed E-state index contributed by atoms with van der Waals surface area (Å²) < 4.78 is 9.55. The molecule has 0 spiro atoms. The molecule has 1 unspecified atom stereocenters.